The molecule has 1 unspecified atom stereocenters. The predicted molar refractivity (Wildman–Crippen MR) is 166 cm³/mol. The van der Waals surface area contributed by atoms with Gasteiger partial charge in [-0.3, -0.25) is 9.55 Å². The molecular weight excluding hydrogens is 559 g/mol. The summed E-state index contributed by atoms with van der Waals surface area (Å²) in [7, 11) is -3.80. The van der Waals surface area contributed by atoms with E-state index in [1.807, 2.05) is 30.8 Å². The number of anilines is 1. The van der Waals surface area contributed by atoms with Gasteiger partial charge in [-0.2, -0.15) is 11.8 Å². The molecule has 0 radical (unpaired) electrons. The van der Waals surface area contributed by atoms with Crippen LogP contribution in [0.5, 0.6) is 0 Å². The zero-order valence-electron chi connectivity index (χ0n) is 24.0. The number of unbranched alkanes of at least 4 members (excludes halogenated alkanes) is 8. The van der Waals surface area contributed by atoms with E-state index >= 15 is 0 Å². The first-order valence-corrected chi connectivity index (χ1v) is 17.3. The van der Waals surface area contributed by atoms with Crippen molar-refractivity contribution in [1.82, 2.24) is 24.5 Å². The van der Waals surface area contributed by atoms with Crippen molar-refractivity contribution in [3.05, 3.63) is 42.7 Å². The van der Waals surface area contributed by atoms with Crippen LogP contribution in [0, 0.1) is 11.8 Å². The first-order valence-electron chi connectivity index (χ1n) is 14.4. The summed E-state index contributed by atoms with van der Waals surface area (Å²) in [6.45, 7) is 2.47. The molecule has 3 rings (SSSR count). The number of ether oxygens (including phenoxy) is 1. The Morgan fingerprint density at radius 3 is 2.61 bits per heavy atom. The van der Waals surface area contributed by atoms with Gasteiger partial charge in [-0.25, -0.2) is 15.0 Å². The molecular formula is C29H43N6O4PS. The van der Waals surface area contributed by atoms with E-state index in [2.05, 4.69) is 31.8 Å². The lowest BCUT2D eigenvalue weighted by atomic mass is 10.1. The van der Waals surface area contributed by atoms with Gasteiger partial charge < -0.3 is 24.5 Å². The van der Waals surface area contributed by atoms with E-state index in [1.54, 1.807) is 23.3 Å². The maximum absolute atomic E-state index is 12.3. The fourth-order valence-corrected chi connectivity index (χ4v) is 6.04. The molecule has 0 aliphatic rings. The predicted octanol–water partition coefficient (Wildman–Crippen LogP) is 6.05. The van der Waals surface area contributed by atoms with Crippen LogP contribution in [0.25, 0.3) is 11.2 Å². The zero-order valence-corrected chi connectivity index (χ0v) is 25.7. The van der Waals surface area contributed by atoms with Gasteiger partial charge in [0.1, 0.15) is 18.2 Å². The van der Waals surface area contributed by atoms with Crippen molar-refractivity contribution < 1.29 is 18.7 Å². The third kappa shape index (κ3) is 13.4. The third-order valence-electron chi connectivity index (χ3n) is 6.37. The molecule has 0 aliphatic heterocycles. The molecule has 0 aliphatic carbocycles. The Balaban J connectivity index is 1.10. The van der Waals surface area contributed by atoms with E-state index in [0.717, 1.165) is 29.9 Å². The number of rotatable bonds is 20. The maximum atomic E-state index is 12.3. The minimum Gasteiger partial charge on any atom is -0.382 e. The van der Waals surface area contributed by atoms with Gasteiger partial charge in [-0.1, -0.05) is 50.4 Å². The Morgan fingerprint density at radius 1 is 1.07 bits per heavy atom. The summed E-state index contributed by atoms with van der Waals surface area (Å²) in [5.41, 5.74) is 7.92. The Hall–Kier alpha value is -2.48. The monoisotopic (exact) mass is 602 g/mol. The summed E-state index contributed by atoms with van der Waals surface area (Å²) in [5.74, 6) is 8.74. The molecule has 41 heavy (non-hydrogen) atoms. The van der Waals surface area contributed by atoms with E-state index in [0.29, 0.717) is 23.5 Å². The lowest BCUT2D eigenvalue weighted by Crippen LogP contribution is -2.17. The van der Waals surface area contributed by atoms with E-state index in [1.165, 1.54) is 57.7 Å². The highest BCUT2D eigenvalue weighted by atomic mass is 32.2. The van der Waals surface area contributed by atoms with Gasteiger partial charge in [0.2, 0.25) is 0 Å². The van der Waals surface area contributed by atoms with Crippen LogP contribution in [0.4, 0.5) is 5.82 Å². The minimum absolute atomic E-state index is 0.246. The molecule has 3 heterocycles. The highest BCUT2D eigenvalue weighted by Gasteiger charge is 2.21. The molecule has 0 saturated carbocycles. The summed E-state index contributed by atoms with van der Waals surface area (Å²) in [4.78, 5) is 26.5. The smallest absolute Gasteiger partial charge is 0.353 e. The molecule has 12 heteroatoms. The molecule has 0 amide bonds. The van der Waals surface area contributed by atoms with Gasteiger partial charge in [-0.05, 0) is 49.8 Å². The normalized spacial score (nSPS) is 13.5. The largest absolute Gasteiger partial charge is 0.382 e. The lowest BCUT2D eigenvalue weighted by molar-refractivity contribution is 0.0718. The number of aromatic nitrogens is 5. The van der Waals surface area contributed by atoms with E-state index in [9.17, 15) is 9.46 Å². The zero-order chi connectivity index (χ0) is 29.2. The highest BCUT2D eigenvalue weighted by Crippen LogP contribution is 2.42. The van der Waals surface area contributed by atoms with Gasteiger partial charge in [-0.15, -0.1) is 0 Å². The van der Waals surface area contributed by atoms with Crippen LogP contribution in [0.2, 0.25) is 0 Å². The number of nitrogens with two attached hydrogens (primary N) is 1. The van der Waals surface area contributed by atoms with Crippen LogP contribution in [0.15, 0.2) is 37.2 Å². The first-order chi connectivity index (χ1) is 19.9. The van der Waals surface area contributed by atoms with Gasteiger partial charge >= 0.3 is 7.60 Å². The van der Waals surface area contributed by atoms with Crippen LogP contribution in [-0.2, 0) is 20.4 Å². The topological polar surface area (TPSA) is 138 Å². The highest BCUT2D eigenvalue weighted by molar-refractivity contribution is 7.99. The molecule has 224 valence electrons. The first kappa shape index (κ1) is 33.0. The molecule has 0 spiro atoms. The summed E-state index contributed by atoms with van der Waals surface area (Å²) in [5, 5.41) is 0. The number of hydrogen-bond donors (Lipinski definition) is 2. The SMILES string of the molecule is C[C@H](Cn1cnc2c(N)ncnc21)OCP(=O)(O)OCCCSCCCCCCCCCCC#Cc1cccnc1. The Labute approximate surface area is 247 Å². The fourth-order valence-electron chi connectivity index (χ4n) is 4.17. The van der Waals surface area contributed by atoms with Crippen LogP contribution >= 0.6 is 19.4 Å². The molecule has 3 aromatic heterocycles. The van der Waals surface area contributed by atoms with Crippen molar-refractivity contribution in [3.8, 4) is 11.8 Å². The number of nitrogens with zero attached hydrogens (tertiary/aromatic N) is 5. The van der Waals surface area contributed by atoms with Gasteiger partial charge in [0.05, 0.1) is 25.6 Å². The quantitative estimate of drug-likeness (QED) is 0.0892. The number of hydrogen-bond acceptors (Lipinski definition) is 9. The minimum atomic E-state index is -3.80. The van der Waals surface area contributed by atoms with Crippen molar-refractivity contribution in [2.45, 2.75) is 83.8 Å². The molecule has 10 nitrogen and oxygen atoms in total. The summed E-state index contributed by atoms with van der Waals surface area (Å²) < 4.78 is 24.9. The molecule has 0 fully saturated rings. The lowest BCUT2D eigenvalue weighted by Gasteiger charge is -2.17. The number of imidazole rings is 1. The molecule has 3 N–H and O–H groups in total. The molecule has 0 aromatic carbocycles. The number of thioether (sulfide) groups is 1. The van der Waals surface area contributed by atoms with Crippen molar-refractivity contribution in [2.75, 3.05) is 30.2 Å². The van der Waals surface area contributed by atoms with Crippen LogP contribution in [0.3, 0.4) is 0 Å². The summed E-state index contributed by atoms with van der Waals surface area (Å²) in [6.07, 6.45) is 17.6. The Bertz CT molecular complexity index is 1270. The molecule has 3 aromatic rings. The average molecular weight is 603 g/mol. The molecule has 0 saturated heterocycles. The Kier molecular flexibility index (Phi) is 15.2. The number of fused-ring (bicyclic) bond motifs is 1. The van der Waals surface area contributed by atoms with Crippen molar-refractivity contribution in [1.29, 1.82) is 0 Å². The van der Waals surface area contributed by atoms with Crippen LogP contribution < -0.4 is 5.73 Å². The fraction of sp³-hybridized carbons (Fsp3) is 0.586. The van der Waals surface area contributed by atoms with Crippen molar-refractivity contribution >= 4 is 36.3 Å². The second-order valence-corrected chi connectivity index (χ2v) is 13.0. The van der Waals surface area contributed by atoms with Crippen molar-refractivity contribution in [3.63, 3.8) is 0 Å². The summed E-state index contributed by atoms with van der Waals surface area (Å²) >= 11 is 1.88. The molecule has 2 atom stereocenters. The second kappa shape index (κ2) is 18.9. The van der Waals surface area contributed by atoms with Gasteiger partial charge in [0.25, 0.3) is 0 Å². The maximum Gasteiger partial charge on any atom is 0.353 e. The number of pyridine rings is 1. The van der Waals surface area contributed by atoms with Gasteiger partial charge in [0.15, 0.2) is 11.5 Å². The Morgan fingerprint density at radius 2 is 1.83 bits per heavy atom. The van der Waals surface area contributed by atoms with Crippen LogP contribution in [-0.4, -0.2) is 60.0 Å². The number of nitrogen functional groups attached to an aromatic ring is 1. The summed E-state index contributed by atoms with van der Waals surface area (Å²) in [6, 6.07) is 3.90. The van der Waals surface area contributed by atoms with Crippen LogP contribution in [0.1, 0.15) is 76.7 Å². The van der Waals surface area contributed by atoms with E-state index in [-0.39, 0.29) is 19.1 Å². The standard InChI is InChI=1S/C29H43N6O4PS/c1-25(21-35-23-34-27-28(30)32-22-33-29(27)35)38-24-40(36,37)39-17-13-19-41-18-11-9-7-5-3-2-4-6-8-10-14-26-15-12-16-31-20-26/h12,15-16,20,22-23,25H,2-9,11,13,17-19,21,24H2,1H3,(H,36,37)(H2,30,32,33)/t25-/m1/s1. The van der Waals surface area contributed by atoms with E-state index in [4.69, 9.17) is 15.0 Å². The van der Waals surface area contributed by atoms with E-state index < -0.39 is 7.60 Å². The van der Waals surface area contributed by atoms with Crippen molar-refractivity contribution in [2.24, 2.45) is 0 Å². The average Bonchev–Trinajstić information content (AvgIpc) is 3.38. The van der Waals surface area contributed by atoms with Gasteiger partial charge in [0, 0.05) is 24.4 Å². The second-order valence-electron chi connectivity index (χ2n) is 9.99. The molecule has 0 bridgehead atoms. The third-order valence-corrected chi connectivity index (χ3v) is 8.58.